The van der Waals surface area contributed by atoms with Gasteiger partial charge in [0.1, 0.15) is 10.0 Å². The molecule has 1 aliphatic carbocycles. The van der Waals surface area contributed by atoms with E-state index in [0.717, 1.165) is 24.1 Å². The third kappa shape index (κ3) is 3.00. The minimum atomic E-state index is -0.544. The number of hydrogen-bond donors (Lipinski definition) is 2. The number of aryl methyl sites for hydroxylation is 1. The number of rotatable bonds is 2. The predicted octanol–water partition coefficient (Wildman–Crippen LogP) is 3.12. The molecule has 1 heterocycles. The van der Waals surface area contributed by atoms with Gasteiger partial charge >= 0.3 is 5.91 Å². The molecule has 5 nitrogen and oxygen atoms in total. The zero-order valence-corrected chi connectivity index (χ0v) is 14.1. The molecule has 1 amide bonds. The van der Waals surface area contributed by atoms with Crippen molar-refractivity contribution in [3.63, 3.8) is 0 Å². The Bertz CT molecular complexity index is 836. The van der Waals surface area contributed by atoms with Crippen molar-refractivity contribution >= 4 is 52.1 Å². The number of carbonyl (C=O) groups is 1. The molecule has 0 aliphatic heterocycles. The minimum absolute atomic E-state index is 0.00363. The molecule has 0 fully saturated rings. The van der Waals surface area contributed by atoms with E-state index >= 15 is 0 Å². The first-order valence-corrected chi connectivity index (χ1v) is 7.93. The van der Waals surface area contributed by atoms with Gasteiger partial charge in [-0.15, -0.1) is 0 Å². The van der Waals surface area contributed by atoms with E-state index < -0.39 is 5.91 Å². The van der Waals surface area contributed by atoms with Crippen LogP contribution in [0.4, 0.5) is 5.69 Å². The van der Waals surface area contributed by atoms with E-state index in [-0.39, 0.29) is 26.6 Å². The van der Waals surface area contributed by atoms with Gasteiger partial charge in [-0.05, 0) is 30.0 Å². The zero-order chi connectivity index (χ0) is 16.6. The molecule has 8 heteroatoms. The van der Waals surface area contributed by atoms with Crippen molar-refractivity contribution in [1.29, 1.82) is 0 Å². The lowest BCUT2D eigenvalue weighted by Gasteiger charge is -2.04. The van der Waals surface area contributed by atoms with Crippen LogP contribution in [0.2, 0.25) is 15.2 Å². The van der Waals surface area contributed by atoms with Crippen LogP contribution in [-0.4, -0.2) is 11.6 Å². The molecule has 118 valence electrons. The highest BCUT2D eigenvalue weighted by molar-refractivity contribution is 6.45. The number of anilines is 1. The molecule has 0 bridgehead atoms. The lowest BCUT2D eigenvalue weighted by Crippen LogP contribution is -2.29. The van der Waals surface area contributed by atoms with Crippen molar-refractivity contribution < 1.29 is 9.78 Å². The van der Waals surface area contributed by atoms with Crippen LogP contribution in [-0.2, 0) is 6.42 Å². The Morgan fingerprint density at radius 1 is 1.17 bits per heavy atom. The summed E-state index contributed by atoms with van der Waals surface area (Å²) in [6.45, 7) is 0. The molecule has 0 spiro atoms. The Balaban J connectivity index is 1.86. The Morgan fingerprint density at radius 2 is 1.91 bits per heavy atom. The number of amides is 1. The van der Waals surface area contributed by atoms with Crippen molar-refractivity contribution in [2.24, 2.45) is 5.10 Å². The maximum absolute atomic E-state index is 12.3. The fourth-order valence-corrected chi connectivity index (χ4v) is 3.04. The second-order valence-electron chi connectivity index (χ2n) is 5.01. The number of aromatic amines is 1. The quantitative estimate of drug-likeness (QED) is 0.629. The van der Waals surface area contributed by atoms with Gasteiger partial charge in [-0.3, -0.25) is 4.79 Å². The van der Waals surface area contributed by atoms with Gasteiger partial charge < -0.3 is 5.73 Å². The number of aromatic nitrogens is 1. The topological polar surface area (TPSA) is 81.6 Å². The van der Waals surface area contributed by atoms with Gasteiger partial charge in [0.25, 0.3) is 10.8 Å². The molecule has 1 aromatic carbocycles. The summed E-state index contributed by atoms with van der Waals surface area (Å²) in [4.78, 5) is 14.9. The van der Waals surface area contributed by atoms with Crippen molar-refractivity contribution in [3.8, 4) is 0 Å². The number of nitrogens with one attached hydrogen (secondary N) is 2. The van der Waals surface area contributed by atoms with Crippen LogP contribution in [0, 0.1) is 0 Å². The molecule has 3 rings (SSSR count). The number of hydrazone groups is 1. The van der Waals surface area contributed by atoms with Crippen LogP contribution in [0.15, 0.2) is 29.4 Å². The van der Waals surface area contributed by atoms with Crippen molar-refractivity contribution in [3.05, 3.63) is 56.3 Å². The Labute approximate surface area is 147 Å². The molecule has 4 N–H and O–H groups in total. The van der Waals surface area contributed by atoms with Gasteiger partial charge in [0.2, 0.25) is 0 Å². The Morgan fingerprint density at radius 3 is 2.70 bits per heavy atom. The zero-order valence-electron chi connectivity index (χ0n) is 11.8. The standard InChI is InChI=1S/C15H11Cl3N4O/c16-10-12(19)11(17)14(18)20-13(10)15(23)22-21-9-6-5-7-3-1-2-4-8(7)9/h1-4H,5-6H2,(H2,19,20)(H,22,23)/p+1/b21-9+. The summed E-state index contributed by atoms with van der Waals surface area (Å²) in [5.74, 6) is -0.544. The monoisotopic (exact) mass is 369 g/mol. The first-order valence-electron chi connectivity index (χ1n) is 6.79. The van der Waals surface area contributed by atoms with Crippen LogP contribution >= 0.6 is 34.8 Å². The smallest absolute Gasteiger partial charge is 0.337 e. The van der Waals surface area contributed by atoms with Crippen LogP contribution in [0.5, 0.6) is 0 Å². The number of benzene rings is 1. The first kappa shape index (κ1) is 16.1. The number of nitrogens with two attached hydrogens (primary N) is 1. The van der Waals surface area contributed by atoms with Gasteiger partial charge in [-0.2, -0.15) is 10.1 Å². The number of halogens is 3. The van der Waals surface area contributed by atoms with Gasteiger partial charge in [-0.25, -0.2) is 5.43 Å². The van der Waals surface area contributed by atoms with Crippen molar-refractivity contribution in [2.45, 2.75) is 12.8 Å². The SMILES string of the molecule is Nc1c(Cl)c(Cl)[nH+]c(C(=O)N/N=C2\CCc3ccccc32)c1Cl. The highest BCUT2D eigenvalue weighted by Crippen LogP contribution is 2.32. The van der Waals surface area contributed by atoms with Crippen molar-refractivity contribution in [1.82, 2.24) is 5.43 Å². The summed E-state index contributed by atoms with van der Waals surface area (Å²) in [6.07, 6.45) is 1.66. The van der Waals surface area contributed by atoms with Crippen LogP contribution in [0.1, 0.15) is 28.0 Å². The third-order valence-corrected chi connectivity index (χ3v) is 4.76. The molecule has 2 aromatic rings. The molecule has 1 aromatic heterocycles. The van der Waals surface area contributed by atoms with E-state index in [0.29, 0.717) is 0 Å². The molecule has 1 aliphatic rings. The summed E-state index contributed by atoms with van der Waals surface area (Å²) in [5.41, 5.74) is 11.3. The summed E-state index contributed by atoms with van der Waals surface area (Å²) in [7, 11) is 0. The highest BCUT2D eigenvalue weighted by Gasteiger charge is 2.26. The van der Waals surface area contributed by atoms with Gasteiger partial charge in [0, 0.05) is 5.56 Å². The van der Waals surface area contributed by atoms with E-state index in [1.165, 1.54) is 5.56 Å². The lowest BCUT2D eigenvalue weighted by molar-refractivity contribution is -0.379. The normalized spacial score (nSPS) is 14.8. The number of H-pyrrole nitrogens is 1. The largest absolute Gasteiger partial charge is 0.396 e. The van der Waals surface area contributed by atoms with E-state index in [1.54, 1.807) is 0 Å². The molecular formula is C15H12Cl3N4O+. The highest BCUT2D eigenvalue weighted by atomic mass is 35.5. The maximum Gasteiger partial charge on any atom is 0.337 e. The van der Waals surface area contributed by atoms with E-state index in [1.807, 2.05) is 24.3 Å². The molecule has 0 atom stereocenters. The summed E-state index contributed by atoms with van der Waals surface area (Å²) in [5, 5.41) is 4.30. The molecule has 23 heavy (non-hydrogen) atoms. The summed E-state index contributed by atoms with van der Waals surface area (Å²) in [6, 6.07) is 7.94. The number of hydrogen-bond acceptors (Lipinski definition) is 3. The first-order chi connectivity index (χ1) is 11.0. The number of fused-ring (bicyclic) bond motifs is 1. The van der Waals surface area contributed by atoms with Crippen LogP contribution in [0.3, 0.4) is 0 Å². The average Bonchev–Trinajstić information content (AvgIpc) is 2.97. The fourth-order valence-electron chi connectivity index (χ4n) is 2.42. The number of nitrogens with zero attached hydrogens (tertiary/aromatic N) is 1. The number of pyridine rings is 1. The second-order valence-corrected chi connectivity index (χ2v) is 6.15. The maximum atomic E-state index is 12.3. The lowest BCUT2D eigenvalue weighted by atomic mass is 10.1. The second kappa shape index (κ2) is 6.35. The molecule has 0 saturated carbocycles. The van der Waals surface area contributed by atoms with Gasteiger partial charge in [0.05, 0.1) is 11.4 Å². The molecule has 0 radical (unpaired) electrons. The minimum Gasteiger partial charge on any atom is -0.396 e. The molecular weight excluding hydrogens is 359 g/mol. The number of nitrogen functional groups attached to an aromatic ring is 1. The van der Waals surface area contributed by atoms with E-state index in [4.69, 9.17) is 40.5 Å². The van der Waals surface area contributed by atoms with E-state index in [2.05, 4.69) is 15.5 Å². The van der Waals surface area contributed by atoms with Gasteiger partial charge in [0.15, 0.2) is 0 Å². The average molecular weight is 371 g/mol. The van der Waals surface area contributed by atoms with Crippen LogP contribution < -0.4 is 16.1 Å². The third-order valence-electron chi connectivity index (χ3n) is 3.60. The summed E-state index contributed by atoms with van der Waals surface area (Å²) >= 11 is 17.8. The Hall–Kier alpha value is -1.82. The number of carbonyl (C=O) groups excluding carboxylic acids is 1. The molecule has 0 saturated heterocycles. The fraction of sp³-hybridized carbons (Fsp3) is 0.133. The predicted molar refractivity (Wildman–Crippen MR) is 91.2 cm³/mol. The van der Waals surface area contributed by atoms with Crippen LogP contribution in [0.25, 0.3) is 0 Å². The van der Waals surface area contributed by atoms with E-state index in [9.17, 15) is 4.79 Å². The molecule has 0 unspecified atom stereocenters. The summed E-state index contributed by atoms with van der Waals surface area (Å²) < 4.78 is 0. The Kier molecular flexibility index (Phi) is 4.43. The van der Waals surface area contributed by atoms with Gasteiger partial charge in [-0.1, -0.05) is 47.5 Å². The van der Waals surface area contributed by atoms with Crippen molar-refractivity contribution in [2.75, 3.05) is 5.73 Å².